The van der Waals surface area contributed by atoms with Crippen molar-refractivity contribution in [3.8, 4) is 10.6 Å². The summed E-state index contributed by atoms with van der Waals surface area (Å²) in [6.45, 7) is 4.23. The number of amides is 1. The zero-order valence-corrected chi connectivity index (χ0v) is 25.1. The van der Waals surface area contributed by atoms with Gasteiger partial charge in [0.15, 0.2) is 9.84 Å². The first-order valence-electron chi connectivity index (χ1n) is 12.8. The van der Waals surface area contributed by atoms with Crippen LogP contribution in [0.3, 0.4) is 0 Å². The number of anilines is 1. The third-order valence-corrected chi connectivity index (χ3v) is 10.9. The Kier molecular flexibility index (Phi) is 8.39. The average molecular weight is 610 g/mol. The highest BCUT2D eigenvalue weighted by atomic mass is 35.5. The average Bonchev–Trinajstić information content (AvgIpc) is 3.54. The van der Waals surface area contributed by atoms with E-state index >= 15 is 0 Å². The van der Waals surface area contributed by atoms with Crippen LogP contribution in [0.4, 0.5) is 5.00 Å². The van der Waals surface area contributed by atoms with Crippen LogP contribution < -0.4 is 5.32 Å². The summed E-state index contributed by atoms with van der Waals surface area (Å²) in [5.41, 5.74) is 4.91. The van der Waals surface area contributed by atoms with Gasteiger partial charge in [-0.15, -0.1) is 35.1 Å². The number of halogens is 1. The molecule has 0 spiro atoms. The Morgan fingerprint density at radius 3 is 2.42 bits per heavy atom. The van der Waals surface area contributed by atoms with Gasteiger partial charge in [-0.2, -0.15) is 0 Å². The van der Waals surface area contributed by atoms with Gasteiger partial charge in [0.2, 0.25) is 0 Å². The molecule has 10 heteroatoms. The second kappa shape index (κ2) is 11.8. The number of hydrogen-bond donors (Lipinski definition) is 1. The van der Waals surface area contributed by atoms with Crippen LogP contribution in [0.25, 0.3) is 20.8 Å². The highest BCUT2D eigenvalue weighted by molar-refractivity contribution is 7.91. The van der Waals surface area contributed by atoms with Crippen molar-refractivity contribution in [3.05, 3.63) is 100 Å². The summed E-state index contributed by atoms with van der Waals surface area (Å²) in [5, 5.41) is 4.84. The number of hydrogen-bond acceptors (Lipinski definition) is 7. The first-order chi connectivity index (χ1) is 18.9. The molecule has 206 valence electrons. The van der Waals surface area contributed by atoms with Crippen molar-refractivity contribution in [1.29, 1.82) is 0 Å². The van der Waals surface area contributed by atoms with Crippen LogP contribution in [0.15, 0.2) is 83.8 Å². The van der Waals surface area contributed by atoms with E-state index in [0.29, 0.717) is 5.56 Å². The maximum Gasteiger partial charge on any atom is 0.256 e. The van der Waals surface area contributed by atoms with Crippen LogP contribution >= 0.6 is 35.1 Å². The zero-order valence-electron chi connectivity index (χ0n) is 21.8. The maximum absolute atomic E-state index is 13.3. The zero-order chi connectivity index (χ0) is 27.0. The fraction of sp³-hybridized carbons (Fsp3) is 0.200. The largest absolute Gasteiger partial charge is 0.313 e. The second-order valence-electron chi connectivity index (χ2n) is 9.52. The van der Waals surface area contributed by atoms with Crippen molar-refractivity contribution < 1.29 is 13.2 Å². The molecule has 3 aromatic carbocycles. The number of benzene rings is 3. The van der Waals surface area contributed by atoms with E-state index in [-0.39, 0.29) is 29.0 Å². The number of carbonyl (C=O) groups is 1. The SMILES string of the molecule is CCS(=O)(=O)c1ccc(C(=O)Nc2sc3c(c2-c2nc4ccccc4s2)CCN(Cc2ccccc2)C3)cc1.Cl. The summed E-state index contributed by atoms with van der Waals surface area (Å²) in [7, 11) is -3.33. The molecule has 0 radical (unpaired) electrons. The number of sulfone groups is 1. The van der Waals surface area contributed by atoms with E-state index in [4.69, 9.17) is 4.98 Å². The minimum Gasteiger partial charge on any atom is -0.313 e. The van der Waals surface area contributed by atoms with E-state index in [1.165, 1.54) is 28.1 Å². The third kappa shape index (κ3) is 5.70. The molecular formula is C30H28ClN3O3S3. The van der Waals surface area contributed by atoms with E-state index in [0.717, 1.165) is 51.8 Å². The Morgan fingerprint density at radius 1 is 0.975 bits per heavy atom. The van der Waals surface area contributed by atoms with Gasteiger partial charge in [0.05, 0.1) is 20.9 Å². The molecule has 1 amide bonds. The van der Waals surface area contributed by atoms with Crippen LogP contribution in [0.5, 0.6) is 0 Å². The maximum atomic E-state index is 13.3. The van der Waals surface area contributed by atoms with Crippen LogP contribution in [0, 0.1) is 0 Å². The topological polar surface area (TPSA) is 79.4 Å². The molecule has 6 nitrogen and oxygen atoms in total. The number of nitrogens with one attached hydrogen (secondary N) is 1. The van der Waals surface area contributed by atoms with E-state index in [1.54, 1.807) is 41.7 Å². The monoisotopic (exact) mass is 609 g/mol. The molecule has 1 aliphatic rings. The predicted molar refractivity (Wildman–Crippen MR) is 167 cm³/mol. The number of aromatic nitrogens is 1. The summed E-state index contributed by atoms with van der Waals surface area (Å²) in [6, 6.07) is 24.7. The molecular weight excluding hydrogens is 582 g/mol. The fourth-order valence-corrected chi connectivity index (χ4v) is 8.16. The summed E-state index contributed by atoms with van der Waals surface area (Å²) in [5.74, 6) is -0.246. The molecule has 3 heterocycles. The molecule has 0 bridgehead atoms. The van der Waals surface area contributed by atoms with E-state index in [9.17, 15) is 13.2 Å². The van der Waals surface area contributed by atoms with Gasteiger partial charge in [0.1, 0.15) is 10.0 Å². The summed E-state index contributed by atoms with van der Waals surface area (Å²) in [6.07, 6.45) is 0.878. The molecule has 0 fully saturated rings. The molecule has 0 aliphatic carbocycles. The van der Waals surface area contributed by atoms with Crippen molar-refractivity contribution in [1.82, 2.24) is 9.88 Å². The quantitative estimate of drug-likeness (QED) is 0.214. The highest BCUT2D eigenvalue weighted by Gasteiger charge is 2.28. The lowest BCUT2D eigenvalue weighted by Gasteiger charge is -2.27. The Balaban J connectivity index is 0.00000323. The molecule has 6 rings (SSSR count). The van der Waals surface area contributed by atoms with Crippen molar-refractivity contribution in [2.24, 2.45) is 0 Å². The lowest BCUT2D eigenvalue weighted by atomic mass is 10.0. The number of nitrogens with zero attached hydrogens (tertiary/aromatic N) is 2. The Morgan fingerprint density at radius 2 is 1.70 bits per heavy atom. The molecule has 1 aliphatic heterocycles. The van der Waals surface area contributed by atoms with Crippen LogP contribution in [0.2, 0.25) is 0 Å². The van der Waals surface area contributed by atoms with Crippen molar-refractivity contribution in [2.75, 3.05) is 17.6 Å². The van der Waals surface area contributed by atoms with Gasteiger partial charge >= 0.3 is 0 Å². The smallest absolute Gasteiger partial charge is 0.256 e. The van der Waals surface area contributed by atoms with Crippen LogP contribution in [-0.2, 0) is 29.3 Å². The Hall–Kier alpha value is -3.08. The first kappa shape index (κ1) is 28.4. The lowest BCUT2D eigenvalue weighted by Crippen LogP contribution is -2.29. The highest BCUT2D eigenvalue weighted by Crippen LogP contribution is 2.46. The van der Waals surface area contributed by atoms with Gasteiger partial charge in [-0.1, -0.05) is 49.4 Å². The number of rotatable bonds is 7. The Labute approximate surface area is 248 Å². The first-order valence-corrected chi connectivity index (χ1v) is 16.1. The summed E-state index contributed by atoms with van der Waals surface area (Å²) >= 11 is 3.25. The minimum atomic E-state index is -3.33. The fourth-order valence-electron chi connectivity index (χ4n) is 4.88. The molecule has 0 atom stereocenters. The minimum absolute atomic E-state index is 0. The number of para-hydroxylation sites is 1. The number of carbonyl (C=O) groups excluding carboxylic acids is 1. The van der Waals surface area contributed by atoms with Crippen molar-refractivity contribution >= 4 is 66.0 Å². The molecule has 0 unspecified atom stereocenters. The molecule has 0 saturated heterocycles. The normalized spacial score (nSPS) is 13.5. The number of fused-ring (bicyclic) bond motifs is 2. The van der Waals surface area contributed by atoms with E-state index in [2.05, 4.69) is 40.5 Å². The molecule has 2 aromatic heterocycles. The lowest BCUT2D eigenvalue weighted by molar-refractivity contribution is 0.102. The van der Waals surface area contributed by atoms with Crippen molar-refractivity contribution in [3.63, 3.8) is 0 Å². The Bertz CT molecular complexity index is 1730. The molecule has 5 aromatic rings. The third-order valence-electron chi connectivity index (χ3n) is 6.98. The number of thiazole rings is 1. The van der Waals surface area contributed by atoms with E-state index in [1.807, 2.05) is 24.3 Å². The second-order valence-corrected chi connectivity index (χ2v) is 13.9. The van der Waals surface area contributed by atoms with Crippen molar-refractivity contribution in [2.45, 2.75) is 31.3 Å². The van der Waals surface area contributed by atoms with Gasteiger partial charge in [0, 0.05) is 35.6 Å². The van der Waals surface area contributed by atoms with Gasteiger partial charge in [-0.3, -0.25) is 9.69 Å². The summed E-state index contributed by atoms with van der Waals surface area (Å²) in [4.78, 5) is 22.2. The van der Waals surface area contributed by atoms with E-state index < -0.39 is 9.84 Å². The van der Waals surface area contributed by atoms with Gasteiger partial charge in [-0.05, 0) is 53.9 Å². The van der Waals surface area contributed by atoms with Gasteiger partial charge in [-0.25, -0.2) is 13.4 Å². The number of thiophene rings is 1. The predicted octanol–water partition coefficient (Wildman–Crippen LogP) is 7.05. The van der Waals surface area contributed by atoms with Gasteiger partial charge in [0.25, 0.3) is 5.91 Å². The van der Waals surface area contributed by atoms with Gasteiger partial charge < -0.3 is 5.32 Å². The molecule has 1 N–H and O–H groups in total. The summed E-state index contributed by atoms with van der Waals surface area (Å²) < 4.78 is 25.5. The molecule has 40 heavy (non-hydrogen) atoms. The standard InChI is InChI=1S/C30H27N3O3S3.ClH/c1-2-39(35,36)22-14-12-21(13-15-22)28(34)32-30-27(29-31-24-10-6-7-11-25(24)37-29)23-16-17-33(19-26(23)38-30)18-20-8-4-3-5-9-20;/h3-15H,2,16-19H2,1H3,(H,32,34);1H. The van der Waals surface area contributed by atoms with Crippen LogP contribution in [0.1, 0.15) is 33.3 Å². The molecule has 0 saturated carbocycles. The van der Waals surface area contributed by atoms with Crippen LogP contribution in [-0.4, -0.2) is 36.5 Å².